The normalized spacial score (nSPS) is 11.4. The van der Waals surface area contributed by atoms with Gasteiger partial charge in [-0.15, -0.1) is 0 Å². The lowest BCUT2D eigenvalue weighted by atomic mass is 10.1. The fourth-order valence-corrected chi connectivity index (χ4v) is 2.17. The van der Waals surface area contributed by atoms with Gasteiger partial charge in [0.25, 0.3) is 11.8 Å². The molecule has 0 saturated heterocycles. The van der Waals surface area contributed by atoms with E-state index in [1.807, 2.05) is 13.0 Å². The zero-order valence-corrected chi connectivity index (χ0v) is 14.7. The van der Waals surface area contributed by atoms with Gasteiger partial charge in [-0.2, -0.15) is 0 Å². The minimum absolute atomic E-state index is 0.364. The molecule has 2 aromatic carbocycles. The van der Waals surface area contributed by atoms with Gasteiger partial charge in [0, 0.05) is 11.6 Å². The highest BCUT2D eigenvalue weighted by atomic mass is 19.1. The summed E-state index contributed by atoms with van der Waals surface area (Å²) < 4.78 is 31.3. The summed E-state index contributed by atoms with van der Waals surface area (Å²) in [5, 5.41) is 4.56. The summed E-state index contributed by atoms with van der Waals surface area (Å²) in [7, 11) is 0. The topological polar surface area (TPSA) is 84.5 Å². The van der Waals surface area contributed by atoms with E-state index in [0.717, 1.165) is 23.8 Å². The minimum Gasteiger partial charge on any atom is -0.454 e. The number of ether oxygens (including phenoxy) is 1. The second kappa shape index (κ2) is 8.88. The Hall–Kier alpha value is -3.29. The lowest BCUT2D eigenvalue weighted by Crippen LogP contribution is -2.40. The minimum atomic E-state index is -1.00. The van der Waals surface area contributed by atoms with Crippen molar-refractivity contribution in [1.29, 1.82) is 0 Å². The van der Waals surface area contributed by atoms with Crippen molar-refractivity contribution in [2.75, 3.05) is 11.9 Å². The number of anilines is 1. The second-order valence-electron chi connectivity index (χ2n) is 5.84. The quantitative estimate of drug-likeness (QED) is 0.759. The van der Waals surface area contributed by atoms with Gasteiger partial charge in [-0.1, -0.05) is 17.7 Å². The van der Waals surface area contributed by atoms with Crippen LogP contribution in [0.15, 0.2) is 42.5 Å². The summed E-state index contributed by atoms with van der Waals surface area (Å²) in [6, 6.07) is 8.37. The molecule has 0 fully saturated rings. The Morgan fingerprint density at radius 3 is 2.56 bits per heavy atom. The van der Waals surface area contributed by atoms with Crippen LogP contribution in [0.1, 0.15) is 22.8 Å². The maximum absolute atomic E-state index is 13.5. The van der Waals surface area contributed by atoms with E-state index < -0.39 is 42.1 Å². The average Bonchev–Trinajstić information content (AvgIpc) is 2.62. The van der Waals surface area contributed by atoms with Gasteiger partial charge in [-0.05, 0) is 38.1 Å². The summed E-state index contributed by atoms with van der Waals surface area (Å²) in [5.74, 6) is -3.70. The van der Waals surface area contributed by atoms with Crippen LogP contribution in [0.3, 0.4) is 0 Å². The maximum Gasteiger partial charge on any atom is 0.328 e. The van der Waals surface area contributed by atoms with Crippen LogP contribution >= 0.6 is 0 Å². The third kappa shape index (κ3) is 5.88. The lowest BCUT2D eigenvalue weighted by molar-refractivity contribution is -0.148. The van der Waals surface area contributed by atoms with Crippen LogP contribution in [-0.2, 0) is 14.3 Å². The van der Waals surface area contributed by atoms with Crippen LogP contribution in [-0.4, -0.2) is 30.4 Å². The van der Waals surface area contributed by atoms with Crippen LogP contribution < -0.4 is 10.6 Å². The molecule has 0 aliphatic rings. The first-order chi connectivity index (χ1) is 12.8. The number of rotatable bonds is 6. The Labute approximate surface area is 154 Å². The van der Waals surface area contributed by atoms with Crippen molar-refractivity contribution in [1.82, 2.24) is 5.32 Å². The molecule has 0 saturated carbocycles. The predicted octanol–water partition coefficient (Wildman–Crippen LogP) is 2.57. The molecule has 142 valence electrons. The second-order valence-corrected chi connectivity index (χ2v) is 5.84. The highest BCUT2D eigenvalue weighted by molar-refractivity contribution is 5.97. The molecule has 8 heteroatoms. The molecule has 1 atom stereocenters. The van der Waals surface area contributed by atoms with Gasteiger partial charge in [-0.25, -0.2) is 13.6 Å². The first-order valence-electron chi connectivity index (χ1n) is 8.05. The highest BCUT2D eigenvalue weighted by Crippen LogP contribution is 2.15. The Bertz CT molecular complexity index is 871. The molecule has 0 unspecified atom stereocenters. The molecule has 6 nitrogen and oxygen atoms in total. The molecule has 0 aliphatic heterocycles. The number of halogens is 2. The van der Waals surface area contributed by atoms with E-state index in [2.05, 4.69) is 10.6 Å². The molecule has 0 spiro atoms. The lowest BCUT2D eigenvalue weighted by Gasteiger charge is -2.14. The third-order valence-electron chi connectivity index (χ3n) is 3.53. The van der Waals surface area contributed by atoms with E-state index in [1.54, 1.807) is 18.2 Å². The van der Waals surface area contributed by atoms with Gasteiger partial charge < -0.3 is 15.4 Å². The van der Waals surface area contributed by atoms with Crippen LogP contribution in [0.2, 0.25) is 0 Å². The van der Waals surface area contributed by atoms with E-state index in [0.29, 0.717) is 5.56 Å². The summed E-state index contributed by atoms with van der Waals surface area (Å²) in [6.45, 7) is 2.52. The number of nitrogens with one attached hydrogen (secondary N) is 2. The molecule has 0 heterocycles. The number of hydrogen-bond acceptors (Lipinski definition) is 4. The zero-order valence-electron chi connectivity index (χ0n) is 14.7. The molecule has 2 amide bonds. The van der Waals surface area contributed by atoms with Crippen LogP contribution in [0.25, 0.3) is 0 Å². The monoisotopic (exact) mass is 376 g/mol. The molecule has 0 bridgehead atoms. The number of carbonyl (C=O) groups excluding carboxylic acids is 3. The van der Waals surface area contributed by atoms with E-state index in [9.17, 15) is 23.2 Å². The average molecular weight is 376 g/mol. The number of hydrogen-bond donors (Lipinski definition) is 2. The van der Waals surface area contributed by atoms with Gasteiger partial charge in [0.05, 0.1) is 5.69 Å². The number of carbonyl (C=O) groups is 3. The predicted molar refractivity (Wildman–Crippen MR) is 94.1 cm³/mol. The van der Waals surface area contributed by atoms with Gasteiger partial charge in [0.15, 0.2) is 6.61 Å². The van der Waals surface area contributed by atoms with E-state index in [4.69, 9.17) is 4.74 Å². The van der Waals surface area contributed by atoms with Crippen molar-refractivity contribution in [3.63, 3.8) is 0 Å². The van der Waals surface area contributed by atoms with Gasteiger partial charge >= 0.3 is 5.97 Å². The van der Waals surface area contributed by atoms with Crippen molar-refractivity contribution in [3.8, 4) is 0 Å². The summed E-state index contributed by atoms with van der Waals surface area (Å²) in [5.41, 5.74) is 0.907. The Morgan fingerprint density at radius 1 is 1.11 bits per heavy atom. The van der Waals surface area contributed by atoms with Crippen molar-refractivity contribution in [3.05, 3.63) is 65.2 Å². The zero-order chi connectivity index (χ0) is 20.0. The van der Waals surface area contributed by atoms with Crippen LogP contribution in [0.4, 0.5) is 14.5 Å². The van der Waals surface area contributed by atoms with E-state index in [1.165, 1.54) is 6.92 Å². The number of amides is 2. The van der Waals surface area contributed by atoms with Crippen molar-refractivity contribution < 1.29 is 27.9 Å². The van der Waals surface area contributed by atoms with Gasteiger partial charge in [0.1, 0.15) is 17.7 Å². The largest absolute Gasteiger partial charge is 0.454 e. The van der Waals surface area contributed by atoms with Crippen LogP contribution in [0, 0.1) is 18.6 Å². The molecular formula is C19H18F2N2O4. The molecule has 2 aromatic rings. The molecule has 27 heavy (non-hydrogen) atoms. The molecule has 0 radical (unpaired) electrons. The molecule has 2 rings (SSSR count). The summed E-state index contributed by atoms with van der Waals surface area (Å²) >= 11 is 0. The third-order valence-corrected chi connectivity index (χ3v) is 3.53. The van der Waals surface area contributed by atoms with Gasteiger partial charge in [-0.3, -0.25) is 9.59 Å². The smallest absolute Gasteiger partial charge is 0.328 e. The number of aryl methyl sites for hydroxylation is 1. The molecule has 0 aromatic heterocycles. The number of benzene rings is 2. The Balaban J connectivity index is 1.84. The fraction of sp³-hybridized carbons (Fsp3) is 0.211. The summed E-state index contributed by atoms with van der Waals surface area (Å²) in [6.07, 6.45) is 0. The first kappa shape index (κ1) is 20.0. The van der Waals surface area contributed by atoms with Crippen LogP contribution in [0.5, 0.6) is 0 Å². The first-order valence-corrected chi connectivity index (χ1v) is 8.05. The Morgan fingerprint density at radius 2 is 1.85 bits per heavy atom. The van der Waals surface area contributed by atoms with E-state index in [-0.39, 0.29) is 5.69 Å². The number of esters is 1. The van der Waals surface area contributed by atoms with Gasteiger partial charge in [0.2, 0.25) is 0 Å². The molecular weight excluding hydrogens is 358 g/mol. The van der Waals surface area contributed by atoms with Crippen molar-refractivity contribution in [2.45, 2.75) is 19.9 Å². The highest BCUT2D eigenvalue weighted by Gasteiger charge is 2.19. The fourth-order valence-electron chi connectivity index (χ4n) is 2.17. The van der Waals surface area contributed by atoms with Crippen molar-refractivity contribution in [2.24, 2.45) is 0 Å². The standard InChI is InChI=1S/C19H18F2N2O4/c1-11-4-3-5-13(8-11)18(25)22-12(2)19(26)27-10-17(24)23-16-9-14(20)6-7-15(16)21/h3-9,12H,10H2,1-2H3,(H,22,25)(H,23,24)/t12-/m0/s1. The van der Waals surface area contributed by atoms with E-state index >= 15 is 0 Å². The molecule has 2 N–H and O–H groups in total. The SMILES string of the molecule is Cc1cccc(C(=O)N[C@@H](C)C(=O)OCC(=O)Nc2cc(F)ccc2F)c1. The maximum atomic E-state index is 13.5. The molecule has 0 aliphatic carbocycles. The summed E-state index contributed by atoms with van der Waals surface area (Å²) in [4.78, 5) is 35.7. The van der Waals surface area contributed by atoms with Crippen molar-refractivity contribution >= 4 is 23.5 Å². The Kier molecular flexibility index (Phi) is 6.59.